The van der Waals surface area contributed by atoms with Crippen LogP contribution in [0.2, 0.25) is 0 Å². The normalized spacial score (nSPS) is 14.0. The highest BCUT2D eigenvalue weighted by Gasteiger charge is 2.26. The molecule has 0 atom stereocenters. The fraction of sp³-hybridized carbons (Fsp3) is 0.375. The molecule has 2 aromatic carbocycles. The molecular formula is C24H27FN2O4. The van der Waals surface area contributed by atoms with Gasteiger partial charge in [0.2, 0.25) is 0 Å². The minimum Gasteiger partial charge on any atom is -0.454 e. The number of rotatable bonds is 8. The zero-order valence-electron chi connectivity index (χ0n) is 17.4. The van der Waals surface area contributed by atoms with Gasteiger partial charge in [0.25, 0.3) is 11.8 Å². The molecule has 0 aromatic heterocycles. The van der Waals surface area contributed by atoms with Gasteiger partial charge in [0, 0.05) is 18.2 Å². The maximum atomic E-state index is 13.2. The Hall–Kier alpha value is -3.22. The lowest BCUT2D eigenvalue weighted by Gasteiger charge is -2.34. The van der Waals surface area contributed by atoms with Crippen LogP contribution >= 0.6 is 0 Å². The molecular weight excluding hydrogens is 399 g/mol. The van der Waals surface area contributed by atoms with E-state index in [1.807, 2.05) is 0 Å². The summed E-state index contributed by atoms with van der Waals surface area (Å²) in [5, 5.41) is 2.49. The van der Waals surface area contributed by atoms with Crippen molar-refractivity contribution in [3.05, 3.63) is 71.5 Å². The number of carbonyl (C=O) groups is 3. The number of hydrogen-bond acceptors (Lipinski definition) is 4. The molecule has 7 heteroatoms. The van der Waals surface area contributed by atoms with E-state index in [2.05, 4.69) is 5.32 Å². The predicted molar refractivity (Wildman–Crippen MR) is 114 cm³/mol. The molecule has 6 nitrogen and oxygen atoms in total. The highest BCUT2D eigenvalue weighted by atomic mass is 19.1. The second kappa shape index (κ2) is 11.2. The second-order valence-electron chi connectivity index (χ2n) is 7.65. The van der Waals surface area contributed by atoms with E-state index in [0.29, 0.717) is 12.1 Å². The van der Waals surface area contributed by atoms with Gasteiger partial charge < -0.3 is 15.0 Å². The minimum absolute atomic E-state index is 0.0720. The first kappa shape index (κ1) is 22.5. The summed E-state index contributed by atoms with van der Waals surface area (Å²) in [5.74, 6) is -1.68. The van der Waals surface area contributed by atoms with Gasteiger partial charge in [-0.15, -0.1) is 0 Å². The van der Waals surface area contributed by atoms with Crippen LogP contribution in [0, 0.1) is 5.82 Å². The van der Waals surface area contributed by atoms with Crippen LogP contribution in [-0.4, -0.2) is 41.9 Å². The molecule has 0 aliphatic heterocycles. The number of amides is 2. The van der Waals surface area contributed by atoms with Gasteiger partial charge in [-0.25, -0.2) is 4.39 Å². The van der Waals surface area contributed by atoms with Gasteiger partial charge in [0.1, 0.15) is 12.4 Å². The molecule has 0 saturated heterocycles. The van der Waals surface area contributed by atoms with Gasteiger partial charge in [-0.3, -0.25) is 14.4 Å². The molecule has 1 aliphatic carbocycles. The molecule has 0 spiro atoms. The van der Waals surface area contributed by atoms with Crippen molar-refractivity contribution in [2.45, 2.75) is 44.7 Å². The summed E-state index contributed by atoms with van der Waals surface area (Å²) in [6.07, 6.45) is 5.03. The summed E-state index contributed by atoms with van der Waals surface area (Å²) in [4.78, 5) is 38.6. The summed E-state index contributed by atoms with van der Waals surface area (Å²) in [7, 11) is 0. The number of esters is 1. The third-order valence-electron chi connectivity index (χ3n) is 5.39. The van der Waals surface area contributed by atoms with Crippen LogP contribution in [0.4, 0.5) is 4.39 Å². The number of nitrogens with one attached hydrogen (secondary N) is 1. The van der Waals surface area contributed by atoms with E-state index in [-0.39, 0.29) is 30.2 Å². The van der Waals surface area contributed by atoms with Gasteiger partial charge in [0.05, 0.1) is 0 Å². The van der Waals surface area contributed by atoms with Crippen LogP contribution in [0.15, 0.2) is 54.6 Å². The van der Waals surface area contributed by atoms with E-state index < -0.39 is 12.6 Å². The summed E-state index contributed by atoms with van der Waals surface area (Å²) in [5.41, 5.74) is 1.26. The summed E-state index contributed by atoms with van der Waals surface area (Å²) >= 11 is 0. The lowest BCUT2D eigenvalue weighted by molar-refractivity contribution is -0.152. The van der Waals surface area contributed by atoms with E-state index in [4.69, 9.17) is 4.74 Å². The second-order valence-corrected chi connectivity index (χ2v) is 7.65. The van der Waals surface area contributed by atoms with E-state index in [1.54, 1.807) is 47.4 Å². The SMILES string of the molecule is O=C(CNC(=O)c1ccccc1)OCC(=O)N(Cc1ccc(F)cc1)C1CCCCC1. The Bertz CT molecular complexity index is 880. The van der Waals surface area contributed by atoms with Crippen LogP contribution in [0.25, 0.3) is 0 Å². The third-order valence-corrected chi connectivity index (χ3v) is 5.39. The monoisotopic (exact) mass is 426 g/mol. The van der Waals surface area contributed by atoms with Crippen molar-refractivity contribution < 1.29 is 23.5 Å². The highest BCUT2D eigenvalue weighted by molar-refractivity contribution is 5.96. The van der Waals surface area contributed by atoms with Crippen LogP contribution in [0.1, 0.15) is 48.0 Å². The Balaban J connectivity index is 1.53. The fourth-order valence-corrected chi connectivity index (χ4v) is 3.72. The van der Waals surface area contributed by atoms with Crippen molar-refractivity contribution in [3.8, 4) is 0 Å². The first-order valence-electron chi connectivity index (χ1n) is 10.6. The van der Waals surface area contributed by atoms with Gasteiger partial charge >= 0.3 is 5.97 Å². The van der Waals surface area contributed by atoms with E-state index >= 15 is 0 Å². The Labute approximate surface area is 181 Å². The first-order valence-corrected chi connectivity index (χ1v) is 10.6. The van der Waals surface area contributed by atoms with Crippen molar-refractivity contribution in [1.29, 1.82) is 0 Å². The third kappa shape index (κ3) is 6.91. The zero-order chi connectivity index (χ0) is 22.1. The lowest BCUT2D eigenvalue weighted by Crippen LogP contribution is -2.43. The number of ether oxygens (including phenoxy) is 1. The molecule has 0 unspecified atom stereocenters. The van der Waals surface area contributed by atoms with Crippen LogP contribution in [-0.2, 0) is 20.9 Å². The van der Waals surface area contributed by atoms with Crippen molar-refractivity contribution in [2.75, 3.05) is 13.2 Å². The van der Waals surface area contributed by atoms with E-state index in [0.717, 1.165) is 37.7 Å². The smallest absolute Gasteiger partial charge is 0.325 e. The summed E-state index contributed by atoms with van der Waals surface area (Å²) < 4.78 is 18.3. The van der Waals surface area contributed by atoms with Crippen molar-refractivity contribution in [1.82, 2.24) is 10.2 Å². The van der Waals surface area contributed by atoms with Crippen LogP contribution in [0.3, 0.4) is 0 Å². The summed E-state index contributed by atoms with van der Waals surface area (Å²) in [6, 6.07) is 14.7. The summed E-state index contributed by atoms with van der Waals surface area (Å²) in [6.45, 7) is -0.369. The standard InChI is InChI=1S/C24H27FN2O4/c25-20-13-11-18(12-14-20)16-27(21-9-5-2-6-10-21)22(28)17-31-23(29)15-26-24(30)19-7-3-1-4-8-19/h1,3-4,7-8,11-14,21H,2,5-6,9-10,15-17H2,(H,26,30). The van der Waals surface area contributed by atoms with Crippen LogP contribution in [0.5, 0.6) is 0 Å². The lowest BCUT2D eigenvalue weighted by atomic mass is 9.93. The van der Waals surface area contributed by atoms with Gasteiger partial charge in [-0.2, -0.15) is 0 Å². The molecule has 31 heavy (non-hydrogen) atoms. The molecule has 1 aliphatic rings. The maximum Gasteiger partial charge on any atom is 0.325 e. The molecule has 164 valence electrons. The molecule has 1 saturated carbocycles. The van der Waals surface area contributed by atoms with Gasteiger partial charge in [-0.1, -0.05) is 49.6 Å². The first-order chi connectivity index (χ1) is 15.0. The average Bonchev–Trinajstić information content (AvgIpc) is 2.81. The van der Waals surface area contributed by atoms with Gasteiger partial charge in [-0.05, 0) is 42.7 Å². The highest BCUT2D eigenvalue weighted by Crippen LogP contribution is 2.24. The molecule has 2 aromatic rings. The average molecular weight is 426 g/mol. The Morgan fingerprint density at radius 3 is 2.32 bits per heavy atom. The predicted octanol–water partition coefficient (Wildman–Crippen LogP) is 3.46. The molecule has 3 rings (SSSR count). The zero-order valence-corrected chi connectivity index (χ0v) is 17.4. The Kier molecular flexibility index (Phi) is 8.15. The fourth-order valence-electron chi connectivity index (χ4n) is 3.72. The Morgan fingerprint density at radius 2 is 1.65 bits per heavy atom. The quantitative estimate of drug-likeness (QED) is 0.656. The molecule has 0 radical (unpaired) electrons. The largest absolute Gasteiger partial charge is 0.454 e. The van der Waals surface area contributed by atoms with Gasteiger partial charge in [0.15, 0.2) is 6.61 Å². The minimum atomic E-state index is -0.678. The van der Waals surface area contributed by atoms with Crippen molar-refractivity contribution >= 4 is 17.8 Å². The molecule has 0 heterocycles. The molecule has 1 N–H and O–H groups in total. The number of benzene rings is 2. The maximum absolute atomic E-state index is 13.2. The van der Waals surface area contributed by atoms with Crippen molar-refractivity contribution in [2.24, 2.45) is 0 Å². The van der Waals surface area contributed by atoms with E-state index in [1.165, 1.54) is 12.1 Å². The molecule has 1 fully saturated rings. The van der Waals surface area contributed by atoms with E-state index in [9.17, 15) is 18.8 Å². The number of hydrogen-bond donors (Lipinski definition) is 1. The molecule has 2 amide bonds. The van der Waals surface area contributed by atoms with Crippen LogP contribution < -0.4 is 5.32 Å². The number of halogens is 1. The molecule has 0 bridgehead atoms. The number of nitrogens with zero attached hydrogens (tertiary/aromatic N) is 1. The van der Waals surface area contributed by atoms with Crippen molar-refractivity contribution in [3.63, 3.8) is 0 Å². The Morgan fingerprint density at radius 1 is 0.968 bits per heavy atom. The number of carbonyl (C=O) groups excluding carboxylic acids is 3. The topological polar surface area (TPSA) is 75.7 Å².